The van der Waals surface area contributed by atoms with E-state index in [1.807, 2.05) is 30.3 Å². The number of hydrogen-bond acceptors (Lipinski definition) is 3. The SMILES string of the molecule is CC(NC(CO)c1ccccc1)c1ccc(Br)s1. The number of benzene rings is 1. The lowest BCUT2D eigenvalue weighted by molar-refractivity contribution is 0.236. The van der Waals surface area contributed by atoms with E-state index in [4.69, 9.17) is 0 Å². The lowest BCUT2D eigenvalue weighted by atomic mass is 10.1. The van der Waals surface area contributed by atoms with Crippen molar-refractivity contribution in [2.45, 2.75) is 19.0 Å². The number of thiophene rings is 1. The topological polar surface area (TPSA) is 32.3 Å². The molecule has 0 bridgehead atoms. The van der Waals surface area contributed by atoms with Gasteiger partial charge in [-0.05, 0) is 40.5 Å². The van der Waals surface area contributed by atoms with Crippen LogP contribution in [0.2, 0.25) is 0 Å². The van der Waals surface area contributed by atoms with Crippen molar-refractivity contribution in [3.63, 3.8) is 0 Å². The molecule has 2 rings (SSSR count). The first-order valence-electron chi connectivity index (χ1n) is 5.88. The molecule has 1 aromatic carbocycles. The maximum Gasteiger partial charge on any atom is 0.0701 e. The lowest BCUT2D eigenvalue weighted by Gasteiger charge is -2.21. The normalized spacial score (nSPS) is 14.4. The van der Waals surface area contributed by atoms with Crippen LogP contribution in [-0.2, 0) is 0 Å². The molecule has 4 heteroatoms. The van der Waals surface area contributed by atoms with Gasteiger partial charge < -0.3 is 10.4 Å². The van der Waals surface area contributed by atoms with Crippen molar-refractivity contribution in [3.05, 3.63) is 56.7 Å². The van der Waals surface area contributed by atoms with Crippen molar-refractivity contribution < 1.29 is 5.11 Å². The van der Waals surface area contributed by atoms with Gasteiger partial charge in [-0.1, -0.05) is 30.3 Å². The molecule has 0 aliphatic rings. The second-order valence-corrected chi connectivity index (χ2v) is 6.67. The molecule has 2 aromatic rings. The molecule has 2 unspecified atom stereocenters. The van der Waals surface area contributed by atoms with Crippen LogP contribution in [0.15, 0.2) is 46.3 Å². The summed E-state index contributed by atoms with van der Waals surface area (Å²) in [7, 11) is 0. The Kier molecular flexibility index (Phi) is 4.95. The molecule has 96 valence electrons. The molecule has 2 nitrogen and oxygen atoms in total. The van der Waals surface area contributed by atoms with E-state index in [0.717, 1.165) is 9.35 Å². The average molecular weight is 326 g/mol. The molecule has 2 N–H and O–H groups in total. The lowest BCUT2D eigenvalue weighted by Crippen LogP contribution is -2.26. The molecular weight excluding hydrogens is 310 g/mol. The summed E-state index contributed by atoms with van der Waals surface area (Å²) in [6.07, 6.45) is 0. The fourth-order valence-electron chi connectivity index (χ4n) is 1.88. The van der Waals surface area contributed by atoms with Crippen LogP contribution in [0.1, 0.15) is 29.4 Å². The summed E-state index contributed by atoms with van der Waals surface area (Å²) in [6, 6.07) is 14.4. The summed E-state index contributed by atoms with van der Waals surface area (Å²) in [6.45, 7) is 2.21. The smallest absolute Gasteiger partial charge is 0.0701 e. The van der Waals surface area contributed by atoms with Crippen molar-refractivity contribution in [3.8, 4) is 0 Å². The van der Waals surface area contributed by atoms with E-state index >= 15 is 0 Å². The van der Waals surface area contributed by atoms with E-state index in [1.165, 1.54) is 4.88 Å². The highest BCUT2D eigenvalue weighted by molar-refractivity contribution is 9.11. The van der Waals surface area contributed by atoms with Crippen molar-refractivity contribution in [1.29, 1.82) is 0 Å². The third kappa shape index (κ3) is 3.42. The van der Waals surface area contributed by atoms with Crippen molar-refractivity contribution in [2.24, 2.45) is 0 Å². The number of rotatable bonds is 5. The highest BCUT2D eigenvalue weighted by Gasteiger charge is 2.15. The molecule has 0 aliphatic heterocycles. The Morgan fingerprint density at radius 1 is 1.22 bits per heavy atom. The van der Waals surface area contributed by atoms with E-state index < -0.39 is 0 Å². The van der Waals surface area contributed by atoms with Crippen molar-refractivity contribution in [1.82, 2.24) is 5.32 Å². The molecule has 0 spiro atoms. The van der Waals surface area contributed by atoms with Gasteiger partial charge in [0.25, 0.3) is 0 Å². The molecule has 0 fully saturated rings. The Morgan fingerprint density at radius 3 is 2.50 bits per heavy atom. The largest absolute Gasteiger partial charge is 0.394 e. The minimum atomic E-state index is -0.0259. The summed E-state index contributed by atoms with van der Waals surface area (Å²) < 4.78 is 1.13. The van der Waals surface area contributed by atoms with E-state index in [0.29, 0.717) is 0 Å². The third-order valence-electron chi connectivity index (χ3n) is 2.86. The van der Waals surface area contributed by atoms with E-state index in [-0.39, 0.29) is 18.7 Å². The highest BCUT2D eigenvalue weighted by Crippen LogP contribution is 2.28. The van der Waals surface area contributed by atoms with E-state index in [1.54, 1.807) is 11.3 Å². The van der Waals surface area contributed by atoms with Gasteiger partial charge in [0.15, 0.2) is 0 Å². The van der Waals surface area contributed by atoms with Gasteiger partial charge in [-0.3, -0.25) is 0 Å². The van der Waals surface area contributed by atoms with Crippen LogP contribution in [0, 0.1) is 0 Å². The molecule has 2 atom stereocenters. The number of halogens is 1. The molecule has 0 amide bonds. The van der Waals surface area contributed by atoms with Gasteiger partial charge in [0, 0.05) is 10.9 Å². The standard InChI is InChI=1S/C14H16BrNOS/c1-10(13-7-8-14(15)18-13)16-12(9-17)11-5-3-2-4-6-11/h2-8,10,12,16-17H,9H2,1H3. The molecular formula is C14H16BrNOS. The predicted octanol–water partition coefficient (Wildman–Crippen LogP) is 3.89. The number of nitrogens with one attached hydrogen (secondary N) is 1. The minimum absolute atomic E-state index is 0.0259. The summed E-state index contributed by atoms with van der Waals surface area (Å²) >= 11 is 5.19. The second kappa shape index (κ2) is 6.48. The summed E-state index contributed by atoms with van der Waals surface area (Å²) in [4.78, 5) is 1.26. The predicted molar refractivity (Wildman–Crippen MR) is 79.8 cm³/mol. The van der Waals surface area contributed by atoms with Crippen molar-refractivity contribution in [2.75, 3.05) is 6.61 Å². The van der Waals surface area contributed by atoms with E-state index in [9.17, 15) is 5.11 Å². The quantitative estimate of drug-likeness (QED) is 0.873. The van der Waals surface area contributed by atoms with Gasteiger partial charge in [0.1, 0.15) is 0 Å². The molecule has 0 aliphatic carbocycles. The number of aliphatic hydroxyl groups is 1. The minimum Gasteiger partial charge on any atom is -0.394 e. The van der Waals surface area contributed by atoms with E-state index in [2.05, 4.69) is 40.3 Å². The van der Waals surface area contributed by atoms with Gasteiger partial charge >= 0.3 is 0 Å². The molecule has 18 heavy (non-hydrogen) atoms. The van der Waals surface area contributed by atoms with Gasteiger partial charge in [-0.2, -0.15) is 0 Å². The highest BCUT2D eigenvalue weighted by atomic mass is 79.9. The Balaban J connectivity index is 2.07. The first-order valence-corrected chi connectivity index (χ1v) is 7.48. The van der Waals surface area contributed by atoms with Crippen molar-refractivity contribution >= 4 is 27.3 Å². The molecule has 1 heterocycles. The molecule has 0 saturated heterocycles. The monoisotopic (exact) mass is 325 g/mol. The third-order valence-corrected chi connectivity index (χ3v) is 4.66. The number of hydrogen-bond donors (Lipinski definition) is 2. The van der Waals surface area contributed by atoms with Gasteiger partial charge in [-0.25, -0.2) is 0 Å². The van der Waals surface area contributed by atoms with Crippen LogP contribution < -0.4 is 5.32 Å². The van der Waals surface area contributed by atoms with Crippen LogP contribution in [0.25, 0.3) is 0 Å². The Morgan fingerprint density at radius 2 is 1.94 bits per heavy atom. The first-order chi connectivity index (χ1) is 8.70. The van der Waals surface area contributed by atoms with Crippen LogP contribution in [0.4, 0.5) is 0 Å². The average Bonchev–Trinajstić information content (AvgIpc) is 2.83. The zero-order valence-electron chi connectivity index (χ0n) is 10.1. The van der Waals surface area contributed by atoms with Gasteiger partial charge in [0.2, 0.25) is 0 Å². The molecule has 0 radical (unpaired) electrons. The maximum atomic E-state index is 9.51. The Bertz CT molecular complexity index is 486. The summed E-state index contributed by atoms with van der Waals surface area (Å²) in [5.74, 6) is 0. The van der Waals surface area contributed by atoms with Crippen LogP contribution in [0.3, 0.4) is 0 Å². The molecule has 1 aromatic heterocycles. The fraction of sp³-hybridized carbons (Fsp3) is 0.286. The van der Waals surface area contributed by atoms with Gasteiger partial charge in [0.05, 0.1) is 16.4 Å². The Labute approximate surface area is 120 Å². The second-order valence-electron chi connectivity index (χ2n) is 4.18. The maximum absolute atomic E-state index is 9.51. The Hall–Kier alpha value is -0.680. The zero-order chi connectivity index (χ0) is 13.0. The fourth-order valence-corrected chi connectivity index (χ4v) is 3.32. The van der Waals surface area contributed by atoms with Crippen LogP contribution in [0.5, 0.6) is 0 Å². The van der Waals surface area contributed by atoms with Crippen LogP contribution >= 0.6 is 27.3 Å². The first kappa shape index (κ1) is 13.7. The zero-order valence-corrected chi connectivity index (χ0v) is 12.5. The molecule has 0 saturated carbocycles. The summed E-state index contributed by atoms with van der Waals surface area (Å²) in [5, 5.41) is 13.0. The van der Waals surface area contributed by atoms with Crippen LogP contribution in [-0.4, -0.2) is 11.7 Å². The van der Waals surface area contributed by atoms with Gasteiger partial charge in [-0.15, -0.1) is 11.3 Å². The number of aliphatic hydroxyl groups excluding tert-OH is 1. The summed E-state index contributed by atoms with van der Waals surface area (Å²) in [5.41, 5.74) is 1.11.